The van der Waals surface area contributed by atoms with Gasteiger partial charge >= 0.3 is 6.03 Å². The number of hydrogen-bond acceptors (Lipinski definition) is 2. The summed E-state index contributed by atoms with van der Waals surface area (Å²) in [5, 5.41) is 1.53. The van der Waals surface area contributed by atoms with E-state index in [1.165, 1.54) is 0 Å². The fraction of sp³-hybridized carbons (Fsp3) is 0.0667. The van der Waals surface area contributed by atoms with Crippen LogP contribution in [0.3, 0.4) is 0 Å². The molecule has 0 aliphatic heterocycles. The number of rotatable bonds is 2. The summed E-state index contributed by atoms with van der Waals surface area (Å²) in [7, 11) is 0. The van der Waals surface area contributed by atoms with E-state index in [-0.39, 0.29) is 0 Å². The minimum atomic E-state index is -0.775. The van der Waals surface area contributed by atoms with Crippen molar-refractivity contribution in [3.63, 3.8) is 0 Å². The molecule has 2 aromatic rings. The third kappa shape index (κ3) is 3.73. The van der Waals surface area contributed by atoms with Crippen LogP contribution in [0.2, 0.25) is 5.02 Å². The average molecular weight is 304 g/mol. The van der Waals surface area contributed by atoms with E-state index in [1.807, 2.05) is 13.0 Å². The van der Waals surface area contributed by atoms with Crippen LogP contribution >= 0.6 is 11.6 Å². The molecule has 0 spiro atoms. The highest BCUT2D eigenvalue weighted by Gasteiger charge is 2.16. The summed E-state index contributed by atoms with van der Waals surface area (Å²) in [6.07, 6.45) is 0. The van der Waals surface area contributed by atoms with E-state index in [4.69, 9.17) is 17.3 Å². The van der Waals surface area contributed by atoms with Crippen LogP contribution in [0.5, 0.6) is 0 Å². The van der Waals surface area contributed by atoms with E-state index in [0.29, 0.717) is 16.3 Å². The van der Waals surface area contributed by atoms with Crippen LogP contribution in [0, 0.1) is 6.92 Å². The highest BCUT2D eigenvalue weighted by atomic mass is 35.5. The zero-order chi connectivity index (χ0) is 15.4. The number of nitrogens with zero attached hydrogens (tertiary/aromatic N) is 1. The highest BCUT2D eigenvalue weighted by molar-refractivity contribution is 6.30. The molecule has 0 radical (unpaired) electrons. The van der Waals surface area contributed by atoms with Gasteiger partial charge in [0.15, 0.2) is 0 Å². The number of amides is 3. The van der Waals surface area contributed by atoms with E-state index >= 15 is 0 Å². The summed E-state index contributed by atoms with van der Waals surface area (Å²) in [4.78, 5) is 23.7. The van der Waals surface area contributed by atoms with Crippen molar-refractivity contribution in [1.29, 1.82) is 0 Å². The predicted molar refractivity (Wildman–Crippen MR) is 82.2 cm³/mol. The van der Waals surface area contributed by atoms with Gasteiger partial charge in [-0.05, 0) is 48.9 Å². The summed E-state index contributed by atoms with van der Waals surface area (Å²) in [5.41, 5.74) is 9.60. The topological polar surface area (TPSA) is 75.4 Å². The molecule has 0 aliphatic carbocycles. The summed E-state index contributed by atoms with van der Waals surface area (Å²) in [6.45, 7) is 1.88. The lowest BCUT2D eigenvalue weighted by Crippen LogP contribution is -2.49. The Hall–Kier alpha value is -2.53. The van der Waals surface area contributed by atoms with E-state index in [2.05, 4.69) is 5.43 Å². The first-order valence-electron chi connectivity index (χ1n) is 6.20. The van der Waals surface area contributed by atoms with Gasteiger partial charge in [0.05, 0.1) is 5.69 Å². The average Bonchev–Trinajstić information content (AvgIpc) is 2.45. The number of benzene rings is 2. The molecule has 6 heteroatoms. The first-order valence-corrected chi connectivity index (χ1v) is 6.58. The lowest BCUT2D eigenvalue weighted by Gasteiger charge is -2.21. The number of carbonyl (C=O) groups excluding carboxylic acids is 2. The number of anilines is 1. The van der Waals surface area contributed by atoms with Gasteiger partial charge < -0.3 is 5.73 Å². The number of halogens is 1. The number of nitrogens with two attached hydrogens (primary N) is 1. The molecule has 108 valence electrons. The Labute approximate surface area is 127 Å². The van der Waals surface area contributed by atoms with E-state index in [0.717, 1.165) is 10.6 Å². The molecule has 3 N–H and O–H groups in total. The standard InChI is InChI=1S/C15H14ClN3O2/c1-10-3-2-4-13(9-10)19(15(17)21)18-14(20)11-5-7-12(16)8-6-11/h2-9H,1H3,(H2,17,21)(H,18,20). The second-order valence-electron chi connectivity index (χ2n) is 4.46. The summed E-state index contributed by atoms with van der Waals surface area (Å²) >= 11 is 5.77. The smallest absolute Gasteiger partial charge is 0.338 e. The lowest BCUT2D eigenvalue weighted by molar-refractivity contribution is 0.0951. The summed E-state index contributed by atoms with van der Waals surface area (Å²) < 4.78 is 0. The fourth-order valence-corrected chi connectivity index (χ4v) is 1.91. The molecule has 0 saturated carbocycles. The molecule has 2 aromatic carbocycles. The van der Waals surface area contributed by atoms with Crippen LogP contribution in [0.25, 0.3) is 0 Å². The fourth-order valence-electron chi connectivity index (χ4n) is 1.78. The molecule has 0 atom stereocenters. The van der Waals surface area contributed by atoms with Gasteiger partial charge in [-0.15, -0.1) is 0 Å². The Morgan fingerprint density at radius 3 is 2.38 bits per heavy atom. The molecule has 0 saturated heterocycles. The Kier molecular flexibility index (Phi) is 4.45. The quantitative estimate of drug-likeness (QED) is 0.837. The SMILES string of the molecule is Cc1cccc(N(NC(=O)c2ccc(Cl)cc2)C(N)=O)c1. The van der Waals surface area contributed by atoms with Gasteiger partial charge in [0, 0.05) is 10.6 Å². The monoisotopic (exact) mass is 303 g/mol. The maximum absolute atomic E-state index is 12.1. The van der Waals surface area contributed by atoms with E-state index in [1.54, 1.807) is 42.5 Å². The minimum absolute atomic E-state index is 0.373. The van der Waals surface area contributed by atoms with Gasteiger partial charge in [-0.3, -0.25) is 10.2 Å². The maximum Gasteiger partial charge on any atom is 0.338 e. The highest BCUT2D eigenvalue weighted by Crippen LogP contribution is 2.15. The normalized spacial score (nSPS) is 10.0. The van der Waals surface area contributed by atoms with Crippen molar-refractivity contribution in [1.82, 2.24) is 5.43 Å². The van der Waals surface area contributed by atoms with Crippen LogP contribution in [0.15, 0.2) is 48.5 Å². The maximum atomic E-state index is 12.1. The van der Waals surface area contributed by atoms with E-state index < -0.39 is 11.9 Å². The zero-order valence-corrected chi connectivity index (χ0v) is 12.1. The lowest BCUT2D eigenvalue weighted by atomic mass is 10.2. The van der Waals surface area contributed by atoms with Gasteiger partial charge in [-0.2, -0.15) is 0 Å². The Bertz CT molecular complexity index is 671. The zero-order valence-electron chi connectivity index (χ0n) is 11.3. The Morgan fingerprint density at radius 2 is 1.81 bits per heavy atom. The number of carbonyl (C=O) groups is 2. The number of hydrogen-bond donors (Lipinski definition) is 2. The second-order valence-corrected chi connectivity index (χ2v) is 4.90. The van der Waals surface area contributed by atoms with Crippen molar-refractivity contribution in [3.05, 3.63) is 64.7 Å². The number of nitrogens with one attached hydrogen (secondary N) is 1. The number of hydrazine groups is 1. The van der Waals surface area contributed by atoms with Crippen LogP contribution in [-0.2, 0) is 0 Å². The molecule has 0 heterocycles. The van der Waals surface area contributed by atoms with E-state index in [9.17, 15) is 9.59 Å². The van der Waals surface area contributed by atoms with Gasteiger partial charge in [0.1, 0.15) is 0 Å². The molecule has 21 heavy (non-hydrogen) atoms. The summed E-state index contributed by atoms with van der Waals surface area (Å²) in [6, 6.07) is 12.6. The molecule has 0 fully saturated rings. The van der Waals surface area contributed by atoms with Crippen LogP contribution in [-0.4, -0.2) is 11.9 Å². The molecule has 0 unspecified atom stereocenters. The van der Waals surface area contributed by atoms with Gasteiger partial charge in [-0.25, -0.2) is 9.80 Å². The molecular formula is C15H14ClN3O2. The van der Waals surface area contributed by atoms with Gasteiger partial charge in [0.2, 0.25) is 0 Å². The van der Waals surface area contributed by atoms with Crippen molar-refractivity contribution < 1.29 is 9.59 Å². The molecule has 0 bridgehead atoms. The molecule has 5 nitrogen and oxygen atoms in total. The molecule has 0 aliphatic rings. The van der Waals surface area contributed by atoms with Gasteiger partial charge in [-0.1, -0.05) is 23.7 Å². The number of primary amides is 1. The number of urea groups is 1. The third-order valence-corrected chi connectivity index (χ3v) is 3.05. The van der Waals surface area contributed by atoms with Crippen LogP contribution in [0.4, 0.5) is 10.5 Å². The van der Waals surface area contributed by atoms with Crippen molar-refractivity contribution >= 4 is 29.2 Å². The van der Waals surface area contributed by atoms with Crippen molar-refractivity contribution in [2.24, 2.45) is 5.73 Å². The molecule has 3 amide bonds. The summed E-state index contributed by atoms with van der Waals surface area (Å²) in [5.74, 6) is -0.452. The van der Waals surface area contributed by atoms with Crippen molar-refractivity contribution in [2.45, 2.75) is 6.92 Å². The Balaban J connectivity index is 2.22. The van der Waals surface area contributed by atoms with Crippen molar-refractivity contribution in [3.8, 4) is 0 Å². The van der Waals surface area contributed by atoms with Crippen molar-refractivity contribution in [2.75, 3.05) is 5.01 Å². The third-order valence-electron chi connectivity index (χ3n) is 2.80. The van der Waals surface area contributed by atoms with Crippen LogP contribution in [0.1, 0.15) is 15.9 Å². The minimum Gasteiger partial charge on any atom is -0.350 e. The largest absolute Gasteiger partial charge is 0.350 e. The first-order chi connectivity index (χ1) is 9.97. The molecule has 0 aromatic heterocycles. The first kappa shape index (κ1) is 14.9. The van der Waals surface area contributed by atoms with Crippen LogP contribution < -0.4 is 16.2 Å². The Morgan fingerprint density at radius 1 is 1.14 bits per heavy atom. The predicted octanol–water partition coefficient (Wildman–Crippen LogP) is 2.88. The van der Waals surface area contributed by atoms with Gasteiger partial charge in [0.25, 0.3) is 5.91 Å². The number of aryl methyl sites for hydroxylation is 1. The molecule has 2 rings (SSSR count). The second kappa shape index (κ2) is 6.28. The molecular weight excluding hydrogens is 290 g/mol.